The summed E-state index contributed by atoms with van der Waals surface area (Å²) < 4.78 is 1.39. The fraction of sp³-hybridized carbons (Fsp3) is 0.381. The minimum Gasteiger partial charge on any atom is -0.507 e. The topological polar surface area (TPSA) is 109 Å². The van der Waals surface area contributed by atoms with Gasteiger partial charge in [0, 0.05) is 49.4 Å². The van der Waals surface area contributed by atoms with Crippen molar-refractivity contribution < 1.29 is 5.11 Å². The van der Waals surface area contributed by atoms with E-state index in [0.717, 1.165) is 19.5 Å². The van der Waals surface area contributed by atoms with Crippen LogP contribution in [-0.4, -0.2) is 55.0 Å². The van der Waals surface area contributed by atoms with Crippen LogP contribution in [-0.2, 0) is 7.05 Å². The lowest BCUT2D eigenvalue weighted by molar-refractivity contribution is 0.477. The average Bonchev–Trinajstić information content (AvgIpc) is 3.18. The number of aromatic nitrogens is 5. The fourth-order valence-corrected chi connectivity index (χ4v) is 3.61. The number of hydrogen-bond donors (Lipinski definition) is 2. The maximum atomic E-state index is 11.8. The van der Waals surface area contributed by atoms with Crippen LogP contribution in [0.15, 0.2) is 41.6 Å². The van der Waals surface area contributed by atoms with Crippen LogP contribution < -0.4 is 15.8 Å². The Bertz CT molecular complexity index is 1100. The molecule has 4 rings (SSSR count). The first kappa shape index (κ1) is 22.6. The van der Waals surface area contributed by atoms with Gasteiger partial charge in [0.25, 0.3) is 5.56 Å². The van der Waals surface area contributed by atoms with E-state index in [0.29, 0.717) is 40.5 Å². The summed E-state index contributed by atoms with van der Waals surface area (Å²) in [5, 5.41) is 22.6. The van der Waals surface area contributed by atoms with Crippen molar-refractivity contribution in [2.24, 2.45) is 7.05 Å². The fourth-order valence-electron chi connectivity index (χ4n) is 3.61. The van der Waals surface area contributed by atoms with E-state index < -0.39 is 0 Å². The number of rotatable bonds is 5. The van der Waals surface area contributed by atoms with Crippen molar-refractivity contribution in [3.63, 3.8) is 0 Å². The molecule has 164 valence electrons. The molecule has 0 bridgehead atoms. The second kappa shape index (κ2) is 9.40. The van der Waals surface area contributed by atoms with Crippen molar-refractivity contribution in [1.82, 2.24) is 30.0 Å². The van der Waals surface area contributed by atoms with Crippen LogP contribution in [0.4, 0.5) is 5.95 Å². The largest absolute Gasteiger partial charge is 0.507 e. The van der Waals surface area contributed by atoms with E-state index in [1.54, 1.807) is 31.4 Å². The molecule has 3 heterocycles. The number of halogens is 1. The number of nitrogens with one attached hydrogen (secondary N) is 1. The molecule has 1 saturated heterocycles. The molecule has 31 heavy (non-hydrogen) atoms. The summed E-state index contributed by atoms with van der Waals surface area (Å²) in [4.78, 5) is 22.6. The van der Waals surface area contributed by atoms with Crippen LogP contribution in [0.5, 0.6) is 5.75 Å². The Kier molecular flexibility index (Phi) is 6.87. The molecule has 1 aromatic carbocycles. The molecule has 0 radical (unpaired) electrons. The standard InChI is InChI=1S/C21H25N7O2.ClH/c1-13(2)24-15-6-7-28(11-15)21-22-10-18(25-26-21)16-5-4-14(8-19(16)29)17-9-20(30)27(3)12-23-17;/h4-5,8-10,12-13,15,24,29H,6-7,11H2,1-3H3;1H. The van der Waals surface area contributed by atoms with E-state index in [9.17, 15) is 9.90 Å². The second-order valence-electron chi connectivity index (χ2n) is 7.85. The second-order valence-corrected chi connectivity index (χ2v) is 7.85. The van der Waals surface area contributed by atoms with Crippen LogP contribution in [0.25, 0.3) is 22.5 Å². The van der Waals surface area contributed by atoms with E-state index in [2.05, 4.69) is 44.2 Å². The van der Waals surface area contributed by atoms with E-state index in [4.69, 9.17) is 0 Å². The van der Waals surface area contributed by atoms with Gasteiger partial charge >= 0.3 is 0 Å². The van der Waals surface area contributed by atoms with Crippen LogP contribution in [0.2, 0.25) is 0 Å². The Morgan fingerprint density at radius 1 is 1.16 bits per heavy atom. The predicted octanol–water partition coefficient (Wildman–Crippen LogP) is 2.00. The highest BCUT2D eigenvalue weighted by Crippen LogP contribution is 2.31. The number of phenols is 1. The Morgan fingerprint density at radius 2 is 1.97 bits per heavy atom. The highest BCUT2D eigenvalue weighted by Gasteiger charge is 2.25. The normalized spacial score (nSPS) is 15.9. The zero-order chi connectivity index (χ0) is 21.3. The molecule has 1 unspecified atom stereocenters. The molecular formula is C21H26ClN7O2. The summed E-state index contributed by atoms with van der Waals surface area (Å²) in [6, 6.07) is 7.38. The van der Waals surface area contributed by atoms with Gasteiger partial charge in [0.15, 0.2) is 0 Å². The Morgan fingerprint density at radius 3 is 2.61 bits per heavy atom. The summed E-state index contributed by atoms with van der Waals surface area (Å²) in [5.74, 6) is 0.619. The lowest BCUT2D eigenvalue weighted by Crippen LogP contribution is -2.37. The molecule has 0 spiro atoms. The van der Waals surface area contributed by atoms with E-state index in [1.165, 1.54) is 17.0 Å². The van der Waals surface area contributed by atoms with Gasteiger partial charge < -0.3 is 19.9 Å². The van der Waals surface area contributed by atoms with Crippen molar-refractivity contribution in [2.45, 2.75) is 32.4 Å². The van der Waals surface area contributed by atoms with Crippen LogP contribution in [0, 0.1) is 0 Å². The summed E-state index contributed by atoms with van der Waals surface area (Å²) in [7, 11) is 1.64. The maximum absolute atomic E-state index is 11.8. The zero-order valence-corrected chi connectivity index (χ0v) is 18.5. The SMILES string of the molecule is CC(C)NC1CCN(c2ncc(-c3ccc(-c4cc(=O)n(C)cn4)cc3O)nn2)C1.Cl. The summed E-state index contributed by atoms with van der Waals surface area (Å²) in [5.41, 5.74) is 1.98. The molecule has 9 nitrogen and oxygen atoms in total. The molecule has 1 aliphatic heterocycles. The molecule has 0 amide bonds. The minimum atomic E-state index is -0.165. The molecule has 10 heteroatoms. The van der Waals surface area contributed by atoms with E-state index >= 15 is 0 Å². The molecule has 0 saturated carbocycles. The van der Waals surface area contributed by atoms with Crippen LogP contribution >= 0.6 is 12.4 Å². The molecule has 2 N–H and O–H groups in total. The first-order valence-corrected chi connectivity index (χ1v) is 9.98. The van der Waals surface area contributed by atoms with E-state index in [-0.39, 0.29) is 23.7 Å². The van der Waals surface area contributed by atoms with Gasteiger partial charge in [0.05, 0.1) is 18.2 Å². The van der Waals surface area contributed by atoms with Gasteiger partial charge in [-0.15, -0.1) is 22.6 Å². The van der Waals surface area contributed by atoms with Crippen molar-refractivity contribution in [1.29, 1.82) is 0 Å². The van der Waals surface area contributed by atoms with Gasteiger partial charge in [0.1, 0.15) is 11.4 Å². The summed E-state index contributed by atoms with van der Waals surface area (Å²) in [6.07, 6.45) is 4.12. The van der Waals surface area contributed by atoms with Gasteiger partial charge in [-0.25, -0.2) is 9.97 Å². The Balaban J connectivity index is 0.00000272. The first-order valence-electron chi connectivity index (χ1n) is 9.98. The highest BCUT2D eigenvalue weighted by molar-refractivity contribution is 5.85. The van der Waals surface area contributed by atoms with E-state index in [1.807, 2.05) is 0 Å². The van der Waals surface area contributed by atoms with Gasteiger partial charge in [-0.05, 0) is 18.6 Å². The third-order valence-electron chi connectivity index (χ3n) is 5.14. The average molecular weight is 444 g/mol. The summed E-state index contributed by atoms with van der Waals surface area (Å²) >= 11 is 0. The van der Waals surface area contributed by atoms with Crippen LogP contribution in [0.1, 0.15) is 20.3 Å². The van der Waals surface area contributed by atoms with Gasteiger partial charge in [0.2, 0.25) is 5.95 Å². The third-order valence-corrected chi connectivity index (χ3v) is 5.14. The Labute approximate surface area is 186 Å². The molecule has 1 atom stereocenters. The van der Waals surface area contributed by atoms with Gasteiger partial charge in [-0.3, -0.25) is 4.79 Å². The first-order chi connectivity index (χ1) is 14.4. The van der Waals surface area contributed by atoms with Crippen LogP contribution in [0.3, 0.4) is 0 Å². The predicted molar refractivity (Wildman–Crippen MR) is 122 cm³/mol. The molecule has 1 aliphatic rings. The zero-order valence-electron chi connectivity index (χ0n) is 17.7. The molecule has 3 aromatic rings. The lowest BCUT2D eigenvalue weighted by Gasteiger charge is -2.18. The number of aryl methyl sites for hydroxylation is 1. The molecule has 1 fully saturated rings. The van der Waals surface area contributed by atoms with Gasteiger partial charge in [-0.1, -0.05) is 19.9 Å². The maximum Gasteiger partial charge on any atom is 0.253 e. The monoisotopic (exact) mass is 443 g/mol. The number of anilines is 1. The quantitative estimate of drug-likeness (QED) is 0.616. The van der Waals surface area contributed by atoms with Gasteiger partial charge in [-0.2, -0.15) is 0 Å². The number of aromatic hydroxyl groups is 1. The number of hydrogen-bond acceptors (Lipinski definition) is 8. The van der Waals surface area contributed by atoms with Crippen molar-refractivity contribution in [2.75, 3.05) is 18.0 Å². The van der Waals surface area contributed by atoms with Crippen molar-refractivity contribution >= 4 is 18.4 Å². The highest BCUT2D eigenvalue weighted by atomic mass is 35.5. The smallest absolute Gasteiger partial charge is 0.253 e. The number of nitrogens with zero attached hydrogens (tertiary/aromatic N) is 6. The van der Waals surface area contributed by atoms with Crippen molar-refractivity contribution in [3.8, 4) is 28.3 Å². The Hall–Kier alpha value is -3.04. The third kappa shape index (κ3) is 5.00. The van der Waals surface area contributed by atoms with Crippen molar-refractivity contribution in [3.05, 3.63) is 47.1 Å². The lowest BCUT2D eigenvalue weighted by atomic mass is 10.1. The summed E-state index contributed by atoms with van der Waals surface area (Å²) in [6.45, 7) is 6.01. The molecular weight excluding hydrogens is 418 g/mol. The minimum absolute atomic E-state index is 0. The molecule has 2 aromatic heterocycles. The molecule has 0 aliphatic carbocycles. The number of benzene rings is 1. The number of phenolic OH excluding ortho intramolecular Hbond substituents is 1.